The molecule has 1 aromatic heterocycles. The van der Waals surface area contributed by atoms with Crippen molar-refractivity contribution in [3.63, 3.8) is 0 Å². The fourth-order valence-electron chi connectivity index (χ4n) is 3.52. The van der Waals surface area contributed by atoms with E-state index in [9.17, 15) is 0 Å². The van der Waals surface area contributed by atoms with Gasteiger partial charge in [0.25, 0.3) is 0 Å². The van der Waals surface area contributed by atoms with Crippen LogP contribution >= 0.6 is 0 Å². The van der Waals surface area contributed by atoms with E-state index in [2.05, 4.69) is 95.3 Å². The number of hydrogen-bond donors (Lipinski definition) is 0. The molecule has 0 bridgehead atoms. The standard InChI is InChI=1S/C22H40B2O5Si/c1-18(2,3)30(12,13)15-14-16(23-26-19(4,5)20(6,7)27-23)25-17(15)24-28-21(8,9)22(10,11)29-24/h14H,1-13H3. The van der Waals surface area contributed by atoms with Crippen LogP contribution in [0.4, 0.5) is 0 Å². The average Bonchev–Trinajstić information content (AvgIpc) is 3.10. The molecular weight excluding hydrogens is 394 g/mol. The summed E-state index contributed by atoms with van der Waals surface area (Å²) < 4.78 is 31.8. The van der Waals surface area contributed by atoms with E-state index in [0.717, 1.165) is 5.66 Å². The number of hydrogen-bond acceptors (Lipinski definition) is 5. The molecule has 0 aromatic carbocycles. The Morgan fingerprint density at radius 1 is 0.700 bits per heavy atom. The van der Waals surface area contributed by atoms with E-state index in [4.69, 9.17) is 23.0 Å². The van der Waals surface area contributed by atoms with Gasteiger partial charge in [-0.2, -0.15) is 0 Å². The number of rotatable bonds is 3. The topological polar surface area (TPSA) is 50.1 Å². The molecule has 0 unspecified atom stereocenters. The Kier molecular flexibility index (Phi) is 5.41. The molecule has 2 saturated heterocycles. The Balaban J connectivity index is 2.09. The van der Waals surface area contributed by atoms with Crippen LogP contribution in [0.1, 0.15) is 76.2 Å². The predicted octanol–water partition coefficient (Wildman–Crippen LogP) is 3.59. The van der Waals surface area contributed by atoms with Gasteiger partial charge >= 0.3 is 14.2 Å². The molecule has 2 aliphatic heterocycles. The lowest BCUT2D eigenvalue weighted by Crippen LogP contribution is -2.58. The van der Waals surface area contributed by atoms with Crippen molar-refractivity contribution in [2.45, 2.75) is 117 Å². The minimum atomic E-state index is -1.95. The van der Waals surface area contributed by atoms with E-state index < -0.39 is 44.7 Å². The van der Waals surface area contributed by atoms with Gasteiger partial charge in [-0.05, 0) is 71.7 Å². The van der Waals surface area contributed by atoms with Crippen LogP contribution in [-0.2, 0) is 18.6 Å². The van der Waals surface area contributed by atoms with Crippen LogP contribution in [0.3, 0.4) is 0 Å². The van der Waals surface area contributed by atoms with Gasteiger partial charge in [0.2, 0.25) is 0 Å². The van der Waals surface area contributed by atoms with Crippen molar-refractivity contribution in [3.05, 3.63) is 6.07 Å². The van der Waals surface area contributed by atoms with Gasteiger partial charge in [-0.15, -0.1) is 0 Å². The monoisotopic (exact) mass is 434 g/mol. The first kappa shape index (κ1) is 24.1. The summed E-state index contributed by atoms with van der Waals surface area (Å²) in [6.07, 6.45) is 0. The molecule has 0 amide bonds. The van der Waals surface area contributed by atoms with E-state index >= 15 is 0 Å². The van der Waals surface area contributed by atoms with Crippen molar-refractivity contribution < 1.29 is 23.0 Å². The number of furan rings is 1. The molecule has 0 aliphatic carbocycles. The molecule has 3 heterocycles. The van der Waals surface area contributed by atoms with Crippen LogP contribution in [0.25, 0.3) is 0 Å². The molecule has 8 heteroatoms. The highest BCUT2D eigenvalue weighted by Crippen LogP contribution is 2.39. The Labute approximate surface area is 184 Å². The summed E-state index contributed by atoms with van der Waals surface area (Å²) in [7, 11) is -3.04. The van der Waals surface area contributed by atoms with Gasteiger partial charge in [-0.3, -0.25) is 0 Å². The van der Waals surface area contributed by atoms with Crippen LogP contribution in [0, 0.1) is 0 Å². The Bertz CT molecular complexity index is 788. The molecule has 0 saturated carbocycles. The van der Waals surface area contributed by atoms with Gasteiger partial charge in [-0.25, -0.2) is 0 Å². The third-order valence-corrected chi connectivity index (χ3v) is 13.8. The van der Waals surface area contributed by atoms with E-state index in [1.165, 1.54) is 5.19 Å². The second kappa shape index (κ2) is 6.74. The summed E-state index contributed by atoms with van der Waals surface area (Å²) >= 11 is 0. The summed E-state index contributed by atoms with van der Waals surface area (Å²) in [4.78, 5) is 0. The van der Waals surface area contributed by atoms with Crippen molar-refractivity contribution >= 4 is 38.8 Å². The van der Waals surface area contributed by atoms with Crippen LogP contribution in [0.15, 0.2) is 10.5 Å². The molecule has 0 N–H and O–H groups in total. The zero-order chi connectivity index (χ0) is 23.1. The maximum Gasteiger partial charge on any atom is 0.532 e. The fourth-order valence-corrected chi connectivity index (χ4v) is 5.61. The molecular formula is C22H40B2O5Si. The lowest BCUT2D eigenvalue weighted by atomic mass is 9.85. The third-order valence-electron chi connectivity index (χ3n) is 8.28. The van der Waals surface area contributed by atoms with Crippen molar-refractivity contribution in [1.29, 1.82) is 0 Å². The minimum absolute atomic E-state index is 0.127. The van der Waals surface area contributed by atoms with Crippen LogP contribution < -0.4 is 16.5 Å². The molecule has 1 aromatic rings. The highest BCUT2D eigenvalue weighted by Gasteiger charge is 2.57. The molecule has 2 aliphatic rings. The summed E-state index contributed by atoms with van der Waals surface area (Å²) in [5.74, 6) is 0. The predicted molar refractivity (Wildman–Crippen MR) is 127 cm³/mol. The molecule has 0 atom stereocenters. The maximum atomic E-state index is 6.47. The Morgan fingerprint density at radius 3 is 1.43 bits per heavy atom. The van der Waals surface area contributed by atoms with E-state index in [1.807, 2.05) is 0 Å². The summed E-state index contributed by atoms with van der Waals surface area (Å²) in [5, 5.41) is 1.33. The zero-order valence-electron chi connectivity index (χ0n) is 21.3. The first-order valence-electron chi connectivity index (χ1n) is 11.1. The van der Waals surface area contributed by atoms with Gasteiger partial charge in [0.1, 0.15) is 11.3 Å². The smallest absolute Gasteiger partial charge is 0.473 e. The van der Waals surface area contributed by atoms with Gasteiger partial charge in [0.05, 0.1) is 30.5 Å². The van der Waals surface area contributed by atoms with Gasteiger partial charge in [0, 0.05) is 0 Å². The minimum Gasteiger partial charge on any atom is -0.473 e. The molecule has 30 heavy (non-hydrogen) atoms. The second-order valence-corrected chi connectivity index (χ2v) is 17.8. The fraction of sp³-hybridized carbons (Fsp3) is 0.818. The largest absolute Gasteiger partial charge is 0.532 e. The zero-order valence-corrected chi connectivity index (χ0v) is 22.3. The Hall–Kier alpha value is -0.533. The molecule has 0 radical (unpaired) electrons. The molecule has 5 nitrogen and oxygen atoms in total. The third kappa shape index (κ3) is 3.66. The molecule has 168 valence electrons. The lowest BCUT2D eigenvalue weighted by molar-refractivity contribution is 0.00578. The van der Waals surface area contributed by atoms with Crippen LogP contribution in [-0.4, -0.2) is 44.7 Å². The van der Waals surface area contributed by atoms with E-state index in [1.54, 1.807) is 0 Å². The first-order chi connectivity index (χ1) is 13.2. The Morgan fingerprint density at radius 2 is 1.07 bits per heavy atom. The molecule has 3 rings (SSSR count). The first-order valence-corrected chi connectivity index (χ1v) is 14.1. The highest BCUT2D eigenvalue weighted by molar-refractivity contribution is 6.95. The van der Waals surface area contributed by atoms with Gasteiger partial charge in [-0.1, -0.05) is 33.9 Å². The molecule has 0 spiro atoms. The van der Waals surface area contributed by atoms with Crippen LogP contribution in [0.2, 0.25) is 18.1 Å². The average molecular weight is 434 g/mol. The quantitative estimate of drug-likeness (QED) is 0.681. The normalized spacial score (nSPS) is 25.2. The highest BCUT2D eigenvalue weighted by atomic mass is 28.3. The summed E-state index contributed by atoms with van der Waals surface area (Å²) in [6, 6.07) is 2.14. The van der Waals surface area contributed by atoms with Crippen molar-refractivity contribution in [2.75, 3.05) is 0 Å². The van der Waals surface area contributed by atoms with Crippen molar-refractivity contribution in [3.8, 4) is 0 Å². The van der Waals surface area contributed by atoms with Crippen LogP contribution in [0.5, 0.6) is 0 Å². The van der Waals surface area contributed by atoms with Crippen molar-refractivity contribution in [2.24, 2.45) is 0 Å². The summed E-state index contributed by atoms with van der Waals surface area (Å²) in [6.45, 7) is 28.1. The second-order valence-electron chi connectivity index (χ2n) is 12.5. The lowest BCUT2D eigenvalue weighted by Gasteiger charge is -2.37. The maximum absolute atomic E-state index is 6.47. The van der Waals surface area contributed by atoms with Crippen molar-refractivity contribution in [1.82, 2.24) is 0 Å². The van der Waals surface area contributed by atoms with Gasteiger partial charge < -0.3 is 23.0 Å². The molecule has 2 fully saturated rings. The summed E-state index contributed by atoms with van der Waals surface area (Å²) in [5.41, 5.74) is -0.250. The van der Waals surface area contributed by atoms with E-state index in [0.29, 0.717) is 5.66 Å². The van der Waals surface area contributed by atoms with Gasteiger partial charge in [0.15, 0.2) is 0 Å². The SMILES string of the molecule is CC1(C)OB(c2cc([Si](C)(C)C(C)(C)C)c(B3OC(C)(C)C(C)(C)O3)o2)OC1(C)C. The van der Waals surface area contributed by atoms with E-state index in [-0.39, 0.29) is 5.04 Å².